The van der Waals surface area contributed by atoms with E-state index in [0.29, 0.717) is 0 Å². The van der Waals surface area contributed by atoms with Gasteiger partial charge in [-0.05, 0) is 31.3 Å². The van der Waals surface area contributed by atoms with Crippen molar-refractivity contribution >= 4 is 0 Å². The zero-order valence-corrected chi connectivity index (χ0v) is 6.77. The molecule has 0 saturated carbocycles. The zero-order chi connectivity index (χ0) is 7.40. The lowest BCUT2D eigenvalue weighted by molar-refractivity contribution is 0.412. The van der Waals surface area contributed by atoms with Crippen molar-refractivity contribution in [1.29, 1.82) is 0 Å². The van der Waals surface area contributed by atoms with E-state index >= 15 is 0 Å². The zero-order valence-electron chi connectivity index (χ0n) is 6.77. The summed E-state index contributed by atoms with van der Waals surface area (Å²) in [6.45, 7) is 8.45. The lowest BCUT2D eigenvalue weighted by Crippen LogP contribution is -2.09. The number of hydrogen-bond donors (Lipinski definition) is 1. The largest absolute Gasteiger partial charge is 0.316 e. The monoisotopic (exact) mass is 139 g/mol. The maximum Gasteiger partial charge on any atom is -0.00143 e. The van der Waals surface area contributed by atoms with Gasteiger partial charge in [0.05, 0.1) is 0 Å². The molecule has 0 amide bonds. The first-order valence-corrected chi connectivity index (χ1v) is 4.20. The standard InChI is InChI=1S/C9H17N/c1-3-5-9-7-10-6-8(9)4-2/h3,8-10H,1,4-7H2,2H3. The minimum absolute atomic E-state index is 0.863. The highest BCUT2D eigenvalue weighted by molar-refractivity contribution is 4.85. The average Bonchev–Trinajstić information content (AvgIpc) is 2.36. The molecule has 58 valence electrons. The fourth-order valence-corrected chi connectivity index (χ4v) is 1.75. The van der Waals surface area contributed by atoms with Crippen LogP contribution in [-0.2, 0) is 0 Å². The molecule has 1 aliphatic heterocycles. The predicted molar refractivity (Wildman–Crippen MR) is 45.0 cm³/mol. The molecule has 0 aromatic carbocycles. The van der Waals surface area contributed by atoms with Crippen LogP contribution >= 0.6 is 0 Å². The summed E-state index contributed by atoms with van der Waals surface area (Å²) >= 11 is 0. The minimum atomic E-state index is 0.863. The molecule has 0 bridgehead atoms. The van der Waals surface area contributed by atoms with Gasteiger partial charge in [0.25, 0.3) is 0 Å². The topological polar surface area (TPSA) is 12.0 Å². The highest BCUT2D eigenvalue weighted by atomic mass is 14.9. The van der Waals surface area contributed by atoms with E-state index in [1.165, 1.54) is 25.9 Å². The minimum Gasteiger partial charge on any atom is -0.316 e. The molecule has 1 heteroatoms. The fourth-order valence-electron chi connectivity index (χ4n) is 1.75. The Bertz CT molecular complexity index is 109. The van der Waals surface area contributed by atoms with Crippen molar-refractivity contribution in [2.45, 2.75) is 19.8 Å². The molecule has 1 N–H and O–H groups in total. The molecule has 1 heterocycles. The van der Waals surface area contributed by atoms with Gasteiger partial charge in [-0.15, -0.1) is 6.58 Å². The molecule has 0 aromatic rings. The molecule has 1 fully saturated rings. The molecule has 1 saturated heterocycles. The second-order valence-corrected chi connectivity index (χ2v) is 3.11. The third kappa shape index (κ3) is 1.60. The lowest BCUT2D eigenvalue weighted by Gasteiger charge is -2.13. The van der Waals surface area contributed by atoms with Gasteiger partial charge in [-0.2, -0.15) is 0 Å². The number of rotatable bonds is 3. The van der Waals surface area contributed by atoms with E-state index in [4.69, 9.17) is 0 Å². The molecule has 1 nitrogen and oxygen atoms in total. The van der Waals surface area contributed by atoms with Crippen LogP contribution in [0.4, 0.5) is 0 Å². The summed E-state index contributed by atoms with van der Waals surface area (Å²) in [6, 6.07) is 0. The summed E-state index contributed by atoms with van der Waals surface area (Å²) in [5.74, 6) is 1.76. The van der Waals surface area contributed by atoms with Gasteiger partial charge in [0, 0.05) is 0 Å². The van der Waals surface area contributed by atoms with Crippen LogP contribution in [0.15, 0.2) is 12.7 Å². The average molecular weight is 139 g/mol. The second kappa shape index (κ2) is 3.77. The van der Waals surface area contributed by atoms with E-state index in [9.17, 15) is 0 Å². The van der Waals surface area contributed by atoms with Gasteiger partial charge in [0.2, 0.25) is 0 Å². The van der Waals surface area contributed by atoms with Gasteiger partial charge in [0.15, 0.2) is 0 Å². The van der Waals surface area contributed by atoms with Crippen molar-refractivity contribution in [2.24, 2.45) is 11.8 Å². The number of nitrogens with one attached hydrogen (secondary N) is 1. The Kier molecular flexibility index (Phi) is 2.94. The predicted octanol–water partition coefficient (Wildman–Crippen LogP) is 1.81. The van der Waals surface area contributed by atoms with E-state index < -0.39 is 0 Å². The fraction of sp³-hybridized carbons (Fsp3) is 0.778. The summed E-state index contributed by atoms with van der Waals surface area (Å²) in [7, 11) is 0. The first kappa shape index (κ1) is 7.80. The van der Waals surface area contributed by atoms with Gasteiger partial charge in [-0.1, -0.05) is 19.4 Å². The molecule has 10 heavy (non-hydrogen) atoms. The molecular weight excluding hydrogens is 122 g/mol. The molecule has 0 aliphatic carbocycles. The maximum atomic E-state index is 3.77. The Morgan fingerprint density at radius 1 is 1.50 bits per heavy atom. The SMILES string of the molecule is C=CCC1CNCC1CC. The van der Waals surface area contributed by atoms with Gasteiger partial charge in [-0.3, -0.25) is 0 Å². The van der Waals surface area contributed by atoms with E-state index in [-0.39, 0.29) is 0 Å². The van der Waals surface area contributed by atoms with E-state index in [1.54, 1.807) is 0 Å². The molecule has 2 unspecified atom stereocenters. The third-order valence-electron chi connectivity index (χ3n) is 2.47. The highest BCUT2D eigenvalue weighted by Crippen LogP contribution is 2.22. The Labute approximate surface area is 63.5 Å². The van der Waals surface area contributed by atoms with Gasteiger partial charge in [0.1, 0.15) is 0 Å². The maximum absolute atomic E-state index is 3.77. The molecule has 0 radical (unpaired) electrons. The first-order valence-electron chi connectivity index (χ1n) is 4.20. The Morgan fingerprint density at radius 2 is 2.20 bits per heavy atom. The van der Waals surface area contributed by atoms with Crippen molar-refractivity contribution in [2.75, 3.05) is 13.1 Å². The molecule has 2 atom stereocenters. The Hall–Kier alpha value is -0.300. The van der Waals surface area contributed by atoms with Crippen molar-refractivity contribution in [1.82, 2.24) is 5.32 Å². The summed E-state index contributed by atoms with van der Waals surface area (Å²) in [5, 5.41) is 3.41. The van der Waals surface area contributed by atoms with Crippen molar-refractivity contribution in [3.63, 3.8) is 0 Å². The molecule has 0 spiro atoms. The molecule has 0 aromatic heterocycles. The van der Waals surface area contributed by atoms with Crippen LogP contribution in [-0.4, -0.2) is 13.1 Å². The molecular formula is C9H17N. The summed E-state index contributed by atoms with van der Waals surface area (Å²) in [6.07, 6.45) is 4.54. The third-order valence-corrected chi connectivity index (χ3v) is 2.47. The Morgan fingerprint density at radius 3 is 2.80 bits per heavy atom. The quantitative estimate of drug-likeness (QED) is 0.588. The van der Waals surface area contributed by atoms with Gasteiger partial charge >= 0.3 is 0 Å². The molecule has 1 rings (SSSR count). The van der Waals surface area contributed by atoms with E-state index in [2.05, 4.69) is 18.8 Å². The number of hydrogen-bond acceptors (Lipinski definition) is 1. The summed E-state index contributed by atoms with van der Waals surface area (Å²) in [4.78, 5) is 0. The van der Waals surface area contributed by atoms with Gasteiger partial charge in [-0.25, -0.2) is 0 Å². The first-order chi connectivity index (χ1) is 4.88. The van der Waals surface area contributed by atoms with Gasteiger partial charge < -0.3 is 5.32 Å². The van der Waals surface area contributed by atoms with Crippen LogP contribution in [0.3, 0.4) is 0 Å². The van der Waals surface area contributed by atoms with Crippen LogP contribution < -0.4 is 5.32 Å². The van der Waals surface area contributed by atoms with Crippen LogP contribution in [0.25, 0.3) is 0 Å². The summed E-state index contributed by atoms with van der Waals surface area (Å²) < 4.78 is 0. The van der Waals surface area contributed by atoms with Crippen LogP contribution in [0.1, 0.15) is 19.8 Å². The second-order valence-electron chi connectivity index (χ2n) is 3.11. The van der Waals surface area contributed by atoms with E-state index in [0.717, 1.165) is 11.8 Å². The molecule has 1 aliphatic rings. The number of allylic oxidation sites excluding steroid dienone is 1. The van der Waals surface area contributed by atoms with Crippen LogP contribution in [0, 0.1) is 11.8 Å². The van der Waals surface area contributed by atoms with Crippen LogP contribution in [0.5, 0.6) is 0 Å². The normalized spacial score (nSPS) is 32.5. The lowest BCUT2D eigenvalue weighted by atomic mass is 9.91. The van der Waals surface area contributed by atoms with Crippen molar-refractivity contribution in [3.05, 3.63) is 12.7 Å². The highest BCUT2D eigenvalue weighted by Gasteiger charge is 2.23. The smallest absolute Gasteiger partial charge is 0.00143 e. The van der Waals surface area contributed by atoms with Crippen molar-refractivity contribution < 1.29 is 0 Å². The van der Waals surface area contributed by atoms with Crippen molar-refractivity contribution in [3.8, 4) is 0 Å². The van der Waals surface area contributed by atoms with Crippen LogP contribution in [0.2, 0.25) is 0 Å². The van der Waals surface area contributed by atoms with E-state index in [1.807, 2.05) is 6.08 Å². The summed E-state index contributed by atoms with van der Waals surface area (Å²) in [5.41, 5.74) is 0. The Balaban J connectivity index is 2.34.